The Bertz CT molecular complexity index is 1090. The summed E-state index contributed by atoms with van der Waals surface area (Å²) < 4.78 is 18.3. The summed E-state index contributed by atoms with van der Waals surface area (Å²) in [5.41, 5.74) is 0.584. The highest BCUT2D eigenvalue weighted by molar-refractivity contribution is 6.51. The fourth-order valence-corrected chi connectivity index (χ4v) is 3.15. The van der Waals surface area contributed by atoms with Gasteiger partial charge in [0.15, 0.2) is 5.82 Å². The first-order valence-electron chi connectivity index (χ1n) is 8.37. The number of pyridine rings is 1. The highest BCUT2D eigenvalue weighted by Gasteiger charge is 2.48. The summed E-state index contributed by atoms with van der Waals surface area (Å²) in [6, 6.07) is 8.88. The third-order valence-corrected chi connectivity index (χ3v) is 4.42. The highest BCUT2D eigenvalue weighted by Crippen LogP contribution is 2.41. The van der Waals surface area contributed by atoms with Crippen LogP contribution in [0.25, 0.3) is 5.76 Å². The van der Waals surface area contributed by atoms with Crippen LogP contribution in [0.5, 0.6) is 0 Å². The molecule has 3 heterocycles. The first-order valence-corrected chi connectivity index (χ1v) is 8.37. The number of anilines is 1. The third kappa shape index (κ3) is 2.84. The van der Waals surface area contributed by atoms with Gasteiger partial charge < -0.3 is 9.63 Å². The molecule has 0 saturated carbocycles. The lowest BCUT2D eigenvalue weighted by Gasteiger charge is -2.22. The lowest BCUT2D eigenvalue weighted by Crippen LogP contribution is -2.29. The molecule has 0 spiro atoms. The molecule has 4 rings (SSSR count). The molecule has 1 fully saturated rings. The van der Waals surface area contributed by atoms with Crippen molar-refractivity contribution in [3.8, 4) is 0 Å². The van der Waals surface area contributed by atoms with Gasteiger partial charge in [-0.2, -0.15) is 0 Å². The number of aliphatic hydroxyl groups is 1. The second-order valence-corrected chi connectivity index (χ2v) is 6.26. The number of hydrogen-bond donors (Lipinski definition) is 1. The van der Waals surface area contributed by atoms with E-state index in [0.717, 1.165) is 17.0 Å². The first-order chi connectivity index (χ1) is 13.5. The summed E-state index contributed by atoms with van der Waals surface area (Å²) in [5, 5.41) is 14.6. The molecule has 1 unspecified atom stereocenters. The molecule has 2 aromatic heterocycles. The van der Waals surface area contributed by atoms with E-state index >= 15 is 0 Å². The number of carbonyl (C=O) groups is 2. The molecule has 1 aliphatic heterocycles. The normalized spacial score (nSPS) is 18.6. The van der Waals surface area contributed by atoms with Crippen LogP contribution in [0, 0.1) is 12.7 Å². The van der Waals surface area contributed by atoms with Crippen LogP contribution in [0.4, 0.5) is 10.2 Å². The maximum atomic E-state index is 13.2. The van der Waals surface area contributed by atoms with Crippen molar-refractivity contribution in [1.29, 1.82) is 0 Å². The minimum atomic E-state index is -0.955. The molecule has 28 heavy (non-hydrogen) atoms. The molecule has 0 aliphatic carbocycles. The third-order valence-electron chi connectivity index (χ3n) is 4.42. The van der Waals surface area contributed by atoms with Crippen molar-refractivity contribution in [1.82, 2.24) is 10.1 Å². The molecule has 140 valence electrons. The van der Waals surface area contributed by atoms with Gasteiger partial charge in [-0.1, -0.05) is 11.2 Å². The van der Waals surface area contributed by atoms with Crippen molar-refractivity contribution in [2.75, 3.05) is 4.90 Å². The molecular weight excluding hydrogens is 365 g/mol. The molecule has 1 N–H and O–H groups in total. The Balaban J connectivity index is 1.93. The largest absolute Gasteiger partial charge is 0.507 e. The van der Waals surface area contributed by atoms with Gasteiger partial charge in [0.1, 0.15) is 17.3 Å². The molecule has 1 aromatic carbocycles. The Morgan fingerprint density at radius 1 is 1.21 bits per heavy atom. The molecule has 1 aliphatic rings. The minimum absolute atomic E-state index is 0.134. The number of amides is 1. The molecule has 1 amide bonds. The van der Waals surface area contributed by atoms with Crippen molar-refractivity contribution in [2.24, 2.45) is 0 Å². The van der Waals surface area contributed by atoms with Crippen molar-refractivity contribution in [3.63, 3.8) is 0 Å². The van der Waals surface area contributed by atoms with E-state index in [9.17, 15) is 19.1 Å². The Morgan fingerprint density at radius 3 is 2.57 bits per heavy atom. The number of nitrogens with zero attached hydrogens (tertiary/aromatic N) is 3. The van der Waals surface area contributed by atoms with Gasteiger partial charge >= 0.3 is 5.91 Å². The SMILES string of the molecule is Cc1cc(N2C(=O)C(=O)C(=C(O)c3ccc(F)cc3)C2c2cccnc2)no1. The van der Waals surface area contributed by atoms with E-state index in [4.69, 9.17) is 4.52 Å². The number of ketones is 1. The van der Waals surface area contributed by atoms with Crippen molar-refractivity contribution in [2.45, 2.75) is 13.0 Å². The van der Waals surface area contributed by atoms with Gasteiger partial charge in [0.25, 0.3) is 5.78 Å². The standard InChI is InChI=1S/C20H14FN3O4/c1-11-9-15(23-28-11)24-17(13-3-2-8-22-10-13)16(19(26)20(24)27)18(25)12-4-6-14(21)7-5-12/h2-10,17,25H,1H3. The van der Waals surface area contributed by atoms with Crippen molar-refractivity contribution in [3.05, 3.63) is 83.1 Å². The molecular formula is C20H14FN3O4. The Labute approximate surface area is 158 Å². The lowest BCUT2D eigenvalue weighted by atomic mass is 9.96. The summed E-state index contributed by atoms with van der Waals surface area (Å²) in [6.45, 7) is 1.66. The zero-order chi connectivity index (χ0) is 19.8. The molecule has 1 atom stereocenters. The fraction of sp³-hybridized carbons (Fsp3) is 0.100. The number of rotatable bonds is 3. The number of Topliss-reactive ketones (excluding diaryl/α,β-unsaturated/α-hetero) is 1. The summed E-state index contributed by atoms with van der Waals surface area (Å²) >= 11 is 0. The molecule has 0 bridgehead atoms. The number of aryl methyl sites for hydroxylation is 1. The fourth-order valence-electron chi connectivity index (χ4n) is 3.15. The predicted octanol–water partition coefficient (Wildman–Crippen LogP) is 3.14. The number of hydrogen-bond acceptors (Lipinski definition) is 6. The number of halogens is 1. The van der Waals surface area contributed by atoms with E-state index < -0.39 is 29.3 Å². The van der Waals surface area contributed by atoms with Crippen LogP contribution in [-0.4, -0.2) is 26.9 Å². The topological polar surface area (TPSA) is 96.5 Å². The van der Waals surface area contributed by atoms with Gasteiger partial charge in [0, 0.05) is 24.0 Å². The number of benzene rings is 1. The monoisotopic (exact) mass is 379 g/mol. The van der Waals surface area contributed by atoms with Crippen LogP contribution < -0.4 is 4.90 Å². The quantitative estimate of drug-likeness (QED) is 0.427. The van der Waals surface area contributed by atoms with E-state index in [1.165, 1.54) is 24.4 Å². The first kappa shape index (κ1) is 17.6. The van der Waals surface area contributed by atoms with Gasteiger partial charge in [-0.3, -0.25) is 19.5 Å². The lowest BCUT2D eigenvalue weighted by molar-refractivity contribution is -0.132. The van der Waals surface area contributed by atoms with Gasteiger partial charge in [0.2, 0.25) is 0 Å². The van der Waals surface area contributed by atoms with Crippen LogP contribution in [0.3, 0.4) is 0 Å². The van der Waals surface area contributed by atoms with Crippen molar-refractivity contribution < 1.29 is 23.6 Å². The molecule has 3 aromatic rings. The van der Waals surface area contributed by atoms with E-state index in [1.807, 2.05) is 0 Å². The van der Waals surface area contributed by atoms with Gasteiger partial charge in [-0.15, -0.1) is 0 Å². The van der Waals surface area contributed by atoms with Crippen LogP contribution in [-0.2, 0) is 9.59 Å². The Morgan fingerprint density at radius 2 is 1.96 bits per heavy atom. The van der Waals surface area contributed by atoms with E-state index in [0.29, 0.717) is 11.3 Å². The van der Waals surface area contributed by atoms with Crippen LogP contribution in [0.15, 0.2) is 65.0 Å². The number of aliphatic hydroxyl groups excluding tert-OH is 1. The maximum absolute atomic E-state index is 13.2. The Kier molecular flexibility index (Phi) is 4.23. The number of carbonyl (C=O) groups excluding carboxylic acids is 2. The summed E-state index contributed by atoms with van der Waals surface area (Å²) in [7, 11) is 0. The Hall–Kier alpha value is -3.81. The van der Waals surface area contributed by atoms with E-state index in [-0.39, 0.29) is 17.0 Å². The van der Waals surface area contributed by atoms with Gasteiger partial charge in [0.05, 0.1) is 11.6 Å². The maximum Gasteiger partial charge on any atom is 0.301 e. The molecule has 0 radical (unpaired) electrons. The summed E-state index contributed by atoms with van der Waals surface area (Å²) in [4.78, 5) is 30.8. The minimum Gasteiger partial charge on any atom is -0.507 e. The zero-order valence-electron chi connectivity index (χ0n) is 14.7. The molecule has 8 heteroatoms. The van der Waals surface area contributed by atoms with Crippen LogP contribution in [0.2, 0.25) is 0 Å². The number of aromatic nitrogens is 2. The average Bonchev–Trinajstić information content (AvgIpc) is 3.24. The second kappa shape index (κ2) is 6.73. The van der Waals surface area contributed by atoms with E-state index in [2.05, 4.69) is 10.1 Å². The summed E-state index contributed by atoms with van der Waals surface area (Å²) in [6.07, 6.45) is 3.05. The smallest absolute Gasteiger partial charge is 0.301 e. The second-order valence-electron chi connectivity index (χ2n) is 6.26. The van der Waals surface area contributed by atoms with Crippen molar-refractivity contribution >= 4 is 23.3 Å². The zero-order valence-corrected chi connectivity index (χ0v) is 14.7. The predicted molar refractivity (Wildman–Crippen MR) is 96.7 cm³/mol. The van der Waals surface area contributed by atoms with Crippen LogP contribution in [0.1, 0.15) is 22.9 Å². The molecule has 1 saturated heterocycles. The molecule has 7 nitrogen and oxygen atoms in total. The van der Waals surface area contributed by atoms with E-state index in [1.54, 1.807) is 25.3 Å². The van der Waals surface area contributed by atoms with Crippen LogP contribution >= 0.6 is 0 Å². The van der Waals surface area contributed by atoms with Gasteiger partial charge in [-0.25, -0.2) is 4.39 Å². The van der Waals surface area contributed by atoms with Gasteiger partial charge in [-0.05, 0) is 42.8 Å². The summed E-state index contributed by atoms with van der Waals surface area (Å²) in [5.74, 6) is -2.03. The average molecular weight is 379 g/mol. The highest BCUT2D eigenvalue weighted by atomic mass is 19.1.